The maximum Gasteiger partial charge on any atom is 0.128 e. The number of ether oxygens (including phenoxy) is 2. The van der Waals surface area contributed by atoms with Crippen LogP contribution in [0.15, 0.2) is 40.9 Å². The van der Waals surface area contributed by atoms with Gasteiger partial charge in [0.2, 0.25) is 0 Å². The van der Waals surface area contributed by atoms with Gasteiger partial charge in [0, 0.05) is 23.5 Å². The molecule has 0 saturated heterocycles. The zero-order valence-corrected chi connectivity index (χ0v) is 13.0. The zero-order valence-electron chi connectivity index (χ0n) is 11.4. The van der Waals surface area contributed by atoms with Crippen molar-refractivity contribution in [3.05, 3.63) is 40.9 Å². The number of fused-ring (bicyclic) bond motifs is 1. The highest BCUT2D eigenvalue weighted by atomic mass is 79.9. The maximum atomic E-state index is 6.01. The van der Waals surface area contributed by atoms with Crippen molar-refractivity contribution in [2.75, 3.05) is 6.61 Å². The maximum absolute atomic E-state index is 6.01. The van der Waals surface area contributed by atoms with Crippen molar-refractivity contribution in [2.45, 2.75) is 31.6 Å². The molecule has 3 nitrogen and oxygen atoms in total. The Bertz CT molecular complexity index is 616. The van der Waals surface area contributed by atoms with E-state index in [9.17, 15) is 0 Å². The summed E-state index contributed by atoms with van der Waals surface area (Å²) >= 11 is 3.48. The van der Waals surface area contributed by atoms with Gasteiger partial charge in [0.15, 0.2) is 0 Å². The monoisotopic (exact) mass is 335 g/mol. The molecule has 2 aromatic rings. The first-order valence-corrected chi connectivity index (χ1v) is 7.70. The standard InChI is InChI=1S/C16H18BrNO2/c1-2-19-16-14(18)9-15(16)20-13-6-4-10-7-12(17)5-3-11(10)8-13/h3-8,14-16H,2,9,18H2,1H3. The van der Waals surface area contributed by atoms with Crippen LogP contribution in [0, 0.1) is 0 Å². The fourth-order valence-corrected chi connectivity index (χ4v) is 2.98. The molecule has 2 N–H and O–H groups in total. The molecule has 0 aromatic heterocycles. The molecule has 3 atom stereocenters. The van der Waals surface area contributed by atoms with E-state index in [1.807, 2.05) is 19.1 Å². The SMILES string of the molecule is CCOC1C(N)CC1Oc1ccc2cc(Br)ccc2c1. The lowest BCUT2D eigenvalue weighted by molar-refractivity contribution is -0.0945. The largest absolute Gasteiger partial charge is 0.488 e. The molecule has 106 valence electrons. The van der Waals surface area contributed by atoms with Crippen LogP contribution in [0.25, 0.3) is 10.8 Å². The number of hydrogen-bond donors (Lipinski definition) is 1. The normalized spacial score (nSPS) is 25.4. The van der Waals surface area contributed by atoms with E-state index in [-0.39, 0.29) is 18.2 Å². The topological polar surface area (TPSA) is 44.5 Å². The number of rotatable bonds is 4. The van der Waals surface area contributed by atoms with E-state index in [1.165, 1.54) is 10.8 Å². The summed E-state index contributed by atoms with van der Waals surface area (Å²) in [6.45, 7) is 2.65. The summed E-state index contributed by atoms with van der Waals surface area (Å²) in [5.74, 6) is 0.876. The summed E-state index contributed by atoms with van der Waals surface area (Å²) in [6, 6.07) is 12.4. The molecule has 0 bridgehead atoms. The van der Waals surface area contributed by atoms with Gasteiger partial charge in [-0.1, -0.05) is 28.1 Å². The molecular weight excluding hydrogens is 318 g/mol. The Labute approximate surface area is 127 Å². The lowest BCUT2D eigenvalue weighted by Gasteiger charge is -2.41. The van der Waals surface area contributed by atoms with E-state index in [4.69, 9.17) is 15.2 Å². The van der Waals surface area contributed by atoms with Crippen molar-refractivity contribution in [3.63, 3.8) is 0 Å². The van der Waals surface area contributed by atoms with Crippen molar-refractivity contribution >= 4 is 26.7 Å². The fourth-order valence-electron chi connectivity index (χ4n) is 2.60. The third-order valence-electron chi connectivity index (χ3n) is 3.71. The average Bonchev–Trinajstić information content (AvgIpc) is 2.44. The van der Waals surface area contributed by atoms with Gasteiger partial charge in [0.05, 0.1) is 0 Å². The van der Waals surface area contributed by atoms with Gasteiger partial charge in [-0.15, -0.1) is 0 Å². The second-order valence-corrected chi connectivity index (χ2v) is 6.04. The lowest BCUT2D eigenvalue weighted by atomic mass is 9.86. The Morgan fingerprint density at radius 3 is 2.70 bits per heavy atom. The van der Waals surface area contributed by atoms with Crippen molar-refractivity contribution in [2.24, 2.45) is 5.73 Å². The smallest absolute Gasteiger partial charge is 0.128 e. The zero-order chi connectivity index (χ0) is 14.1. The number of benzene rings is 2. The Hall–Kier alpha value is -1.10. The molecule has 1 fully saturated rings. The second-order valence-electron chi connectivity index (χ2n) is 5.13. The summed E-state index contributed by atoms with van der Waals surface area (Å²) in [6.07, 6.45) is 0.932. The first-order valence-electron chi connectivity index (χ1n) is 6.90. The lowest BCUT2D eigenvalue weighted by Crippen LogP contribution is -2.59. The van der Waals surface area contributed by atoms with Gasteiger partial charge in [-0.3, -0.25) is 0 Å². The number of halogens is 1. The van der Waals surface area contributed by atoms with Crippen LogP contribution in [0.5, 0.6) is 5.75 Å². The average molecular weight is 336 g/mol. The molecule has 0 amide bonds. The predicted molar refractivity (Wildman–Crippen MR) is 84.1 cm³/mol. The van der Waals surface area contributed by atoms with Gasteiger partial charge in [0.25, 0.3) is 0 Å². The molecule has 4 heteroatoms. The molecule has 3 unspecified atom stereocenters. The van der Waals surface area contributed by atoms with Crippen molar-refractivity contribution < 1.29 is 9.47 Å². The first-order chi connectivity index (χ1) is 9.67. The van der Waals surface area contributed by atoms with Crippen LogP contribution in [-0.2, 0) is 4.74 Å². The minimum Gasteiger partial charge on any atom is -0.488 e. The van der Waals surface area contributed by atoms with Gasteiger partial charge in [-0.05, 0) is 42.0 Å². The van der Waals surface area contributed by atoms with Crippen LogP contribution >= 0.6 is 15.9 Å². The molecule has 0 aliphatic heterocycles. The minimum absolute atomic E-state index is 0.0145. The van der Waals surface area contributed by atoms with Crippen molar-refractivity contribution in [3.8, 4) is 5.75 Å². The predicted octanol–water partition coefficient (Wildman–Crippen LogP) is 3.49. The van der Waals surface area contributed by atoms with E-state index < -0.39 is 0 Å². The highest BCUT2D eigenvalue weighted by Gasteiger charge is 2.41. The summed E-state index contributed by atoms with van der Waals surface area (Å²) in [4.78, 5) is 0. The van der Waals surface area contributed by atoms with Crippen molar-refractivity contribution in [1.29, 1.82) is 0 Å². The van der Waals surface area contributed by atoms with Crippen LogP contribution in [-0.4, -0.2) is 24.9 Å². The number of hydrogen-bond acceptors (Lipinski definition) is 3. The molecule has 20 heavy (non-hydrogen) atoms. The molecule has 3 rings (SSSR count). The minimum atomic E-state index is 0.0145. The first kappa shape index (κ1) is 13.9. The summed E-state index contributed by atoms with van der Waals surface area (Å²) in [5, 5.41) is 2.36. The molecule has 1 aliphatic carbocycles. The summed E-state index contributed by atoms with van der Waals surface area (Å²) in [5.41, 5.74) is 5.95. The third kappa shape index (κ3) is 2.68. The van der Waals surface area contributed by atoms with E-state index in [1.54, 1.807) is 0 Å². The molecule has 1 aliphatic rings. The quantitative estimate of drug-likeness (QED) is 0.930. The van der Waals surface area contributed by atoms with E-state index in [0.717, 1.165) is 16.6 Å². The van der Waals surface area contributed by atoms with Crippen molar-refractivity contribution in [1.82, 2.24) is 0 Å². The van der Waals surface area contributed by atoms with Crippen LogP contribution in [0.3, 0.4) is 0 Å². The van der Waals surface area contributed by atoms with E-state index in [0.29, 0.717) is 6.61 Å². The Morgan fingerprint density at radius 2 is 1.95 bits per heavy atom. The highest BCUT2D eigenvalue weighted by molar-refractivity contribution is 9.10. The molecule has 0 radical (unpaired) electrons. The van der Waals surface area contributed by atoms with Gasteiger partial charge in [0.1, 0.15) is 18.0 Å². The Morgan fingerprint density at radius 1 is 1.20 bits per heavy atom. The Balaban J connectivity index is 1.76. The molecule has 0 heterocycles. The second kappa shape index (κ2) is 5.72. The van der Waals surface area contributed by atoms with Crippen LogP contribution in [0.2, 0.25) is 0 Å². The van der Waals surface area contributed by atoms with Gasteiger partial charge in [-0.2, -0.15) is 0 Å². The third-order valence-corrected chi connectivity index (χ3v) is 4.21. The Kier molecular flexibility index (Phi) is 3.96. The molecular formula is C16H18BrNO2. The van der Waals surface area contributed by atoms with Gasteiger partial charge < -0.3 is 15.2 Å². The highest BCUT2D eigenvalue weighted by Crippen LogP contribution is 2.30. The fraction of sp³-hybridized carbons (Fsp3) is 0.375. The summed E-state index contributed by atoms with van der Waals surface area (Å²) in [7, 11) is 0. The van der Waals surface area contributed by atoms with Gasteiger partial charge >= 0.3 is 0 Å². The van der Waals surface area contributed by atoms with Crippen LogP contribution < -0.4 is 10.5 Å². The van der Waals surface area contributed by atoms with Gasteiger partial charge in [-0.25, -0.2) is 0 Å². The van der Waals surface area contributed by atoms with Crippen LogP contribution in [0.4, 0.5) is 0 Å². The molecule has 0 spiro atoms. The summed E-state index contributed by atoms with van der Waals surface area (Å²) < 4.78 is 12.7. The molecule has 2 aromatic carbocycles. The molecule has 1 saturated carbocycles. The van der Waals surface area contributed by atoms with E-state index >= 15 is 0 Å². The van der Waals surface area contributed by atoms with Crippen LogP contribution in [0.1, 0.15) is 13.3 Å². The number of nitrogens with two attached hydrogens (primary N) is 1. The van der Waals surface area contributed by atoms with E-state index in [2.05, 4.69) is 40.2 Å².